The van der Waals surface area contributed by atoms with E-state index in [9.17, 15) is 4.79 Å². The Morgan fingerprint density at radius 3 is 2.54 bits per heavy atom. The van der Waals surface area contributed by atoms with Gasteiger partial charge in [0.25, 0.3) is 5.91 Å². The average molecular weight is 370 g/mol. The minimum Gasteiger partial charge on any atom is -0.393 e. The zero-order valence-corrected chi connectivity index (χ0v) is 14.6. The molecule has 0 saturated heterocycles. The largest absolute Gasteiger partial charge is 0.393 e. The highest BCUT2D eigenvalue weighted by Crippen LogP contribution is 2.27. The first-order valence-corrected chi connectivity index (χ1v) is 8.03. The topological polar surface area (TPSA) is 118 Å². The van der Waals surface area contributed by atoms with Gasteiger partial charge in [0.1, 0.15) is 12.0 Å². The molecule has 5 N–H and O–H groups in total. The van der Waals surface area contributed by atoms with Crippen LogP contribution in [-0.4, -0.2) is 20.9 Å². The van der Waals surface area contributed by atoms with Gasteiger partial charge in [-0.2, -0.15) is 0 Å². The third-order valence-corrected chi connectivity index (χ3v) is 3.81. The van der Waals surface area contributed by atoms with Crippen molar-refractivity contribution in [3.63, 3.8) is 0 Å². The third-order valence-electron chi connectivity index (χ3n) is 3.50. The molecule has 0 spiro atoms. The minimum atomic E-state index is -0.312. The highest BCUT2D eigenvalue weighted by molar-refractivity contribution is 6.32. The number of pyridine rings is 1. The standard InChI is InChI=1S/C17H16ClN7O/c1-10-4-6-11(7-5-10)17(26)25-24-16-13(19)15(21-9-22-16)23-12-3-2-8-20-14(12)18/h2-9H,19H2,1H3,(H,25,26)(H2,21,22,23,24). The molecule has 0 atom stereocenters. The number of hydrogen-bond acceptors (Lipinski definition) is 7. The number of amides is 1. The zero-order valence-electron chi connectivity index (χ0n) is 13.8. The lowest BCUT2D eigenvalue weighted by atomic mass is 10.1. The van der Waals surface area contributed by atoms with Gasteiger partial charge in [0.15, 0.2) is 16.8 Å². The number of nitrogens with zero attached hydrogens (tertiary/aromatic N) is 3. The van der Waals surface area contributed by atoms with Crippen LogP contribution in [0.1, 0.15) is 15.9 Å². The van der Waals surface area contributed by atoms with Crippen molar-refractivity contribution in [3.05, 3.63) is 65.2 Å². The number of aromatic nitrogens is 3. The molecule has 2 aromatic heterocycles. The predicted octanol–water partition coefficient (Wildman–Crippen LogP) is 2.92. The van der Waals surface area contributed by atoms with Crippen molar-refractivity contribution >= 4 is 40.5 Å². The Morgan fingerprint density at radius 2 is 1.81 bits per heavy atom. The van der Waals surface area contributed by atoms with Crippen LogP contribution in [-0.2, 0) is 0 Å². The van der Waals surface area contributed by atoms with Crippen LogP contribution in [0.5, 0.6) is 0 Å². The Bertz CT molecular complexity index is 931. The van der Waals surface area contributed by atoms with Gasteiger partial charge in [-0.1, -0.05) is 29.3 Å². The molecule has 0 saturated carbocycles. The summed E-state index contributed by atoms with van der Waals surface area (Å²) in [5.41, 5.74) is 13.7. The molecule has 1 amide bonds. The Hall–Kier alpha value is -3.39. The summed E-state index contributed by atoms with van der Waals surface area (Å²) in [4.78, 5) is 24.3. The fraction of sp³-hybridized carbons (Fsp3) is 0.0588. The lowest BCUT2D eigenvalue weighted by Crippen LogP contribution is -2.30. The molecule has 3 rings (SSSR count). The first-order valence-electron chi connectivity index (χ1n) is 7.65. The summed E-state index contributed by atoms with van der Waals surface area (Å²) >= 11 is 6.02. The van der Waals surface area contributed by atoms with Crippen molar-refractivity contribution < 1.29 is 4.79 Å². The Morgan fingerprint density at radius 1 is 1.08 bits per heavy atom. The summed E-state index contributed by atoms with van der Waals surface area (Å²) in [5, 5.41) is 3.27. The van der Waals surface area contributed by atoms with Gasteiger partial charge in [-0.3, -0.25) is 15.6 Å². The summed E-state index contributed by atoms with van der Waals surface area (Å²) in [6.45, 7) is 1.95. The smallest absolute Gasteiger partial charge is 0.269 e. The summed E-state index contributed by atoms with van der Waals surface area (Å²) in [6, 6.07) is 10.6. The molecule has 0 radical (unpaired) electrons. The quantitative estimate of drug-likeness (QED) is 0.403. The molecule has 9 heteroatoms. The fourth-order valence-electron chi connectivity index (χ4n) is 2.09. The van der Waals surface area contributed by atoms with Gasteiger partial charge in [-0.05, 0) is 31.2 Å². The van der Waals surface area contributed by atoms with Gasteiger partial charge < -0.3 is 11.1 Å². The van der Waals surface area contributed by atoms with Gasteiger partial charge >= 0.3 is 0 Å². The van der Waals surface area contributed by atoms with E-state index < -0.39 is 0 Å². The number of carbonyl (C=O) groups is 1. The van der Waals surface area contributed by atoms with Gasteiger partial charge in [0.2, 0.25) is 0 Å². The molecule has 3 aromatic rings. The SMILES string of the molecule is Cc1ccc(C(=O)NNc2ncnc(Nc3cccnc3Cl)c2N)cc1. The second-order valence-electron chi connectivity index (χ2n) is 5.40. The average Bonchev–Trinajstić information content (AvgIpc) is 2.64. The van der Waals surface area contributed by atoms with E-state index in [1.54, 1.807) is 30.5 Å². The van der Waals surface area contributed by atoms with E-state index in [1.165, 1.54) is 6.33 Å². The first kappa shape index (κ1) is 17.4. The maximum absolute atomic E-state index is 12.2. The van der Waals surface area contributed by atoms with Crippen LogP contribution in [0.2, 0.25) is 5.15 Å². The number of rotatable bonds is 5. The summed E-state index contributed by atoms with van der Waals surface area (Å²) < 4.78 is 0. The molecule has 0 unspecified atom stereocenters. The molecule has 8 nitrogen and oxygen atoms in total. The van der Waals surface area contributed by atoms with Gasteiger partial charge in [-0.25, -0.2) is 15.0 Å². The second kappa shape index (κ2) is 7.66. The monoisotopic (exact) mass is 369 g/mol. The minimum absolute atomic E-state index is 0.219. The van der Waals surface area contributed by atoms with Crippen molar-refractivity contribution in [1.82, 2.24) is 20.4 Å². The van der Waals surface area contributed by atoms with Gasteiger partial charge in [-0.15, -0.1) is 0 Å². The lowest BCUT2D eigenvalue weighted by molar-refractivity contribution is 0.0962. The third kappa shape index (κ3) is 3.98. The molecule has 0 bridgehead atoms. The molecule has 132 valence electrons. The van der Waals surface area contributed by atoms with Crippen molar-refractivity contribution in [1.29, 1.82) is 0 Å². The summed E-state index contributed by atoms with van der Waals surface area (Å²) in [5.74, 6) is 0.276. The highest BCUT2D eigenvalue weighted by Gasteiger charge is 2.11. The molecule has 0 aliphatic heterocycles. The van der Waals surface area contributed by atoms with Gasteiger partial charge in [0, 0.05) is 11.8 Å². The van der Waals surface area contributed by atoms with Crippen LogP contribution < -0.4 is 21.9 Å². The van der Waals surface area contributed by atoms with Gasteiger partial charge in [0.05, 0.1) is 5.69 Å². The van der Waals surface area contributed by atoms with Crippen LogP contribution >= 0.6 is 11.6 Å². The van der Waals surface area contributed by atoms with Crippen LogP contribution in [0.3, 0.4) is 0 Å². The van der Waals surface area contributed by atoms with E-state index in [4.69, 9.17) is 17.3 Å². The normalized spacial score (nSPS) is 10.2. The Kier molecular flexibility index (Phi) is 5.14. The molecular formula is C17H16ClN7O. The number of hydrogen-bond donors (Lipinski definition) is 4. The molecule has 0 aliphatic carbocycles. The molecular weight excluding hydrogens is 354 g/mol. The zero-order chi connectivity index (χ0) is 18.5. The number of halogens is 1. The maximum Gasteiger partial charge on any atom is 0.269 e. The lowest BCUT2D eigenvalue weighted by Gasteiger charge is -2.13. The number of benzene rings is 1. The number of hydrazine groups is 1. The number of carbonyl (C=O) groups excluding carboxylic acids is 1. The van der Waals surface area contributed by atoms with E-state index in [0.717, 1.165) is 5.56 Å². The number of nitrogens with two attached hydrogens (primary N) is 1. The number of nitrogens with one attached hydrogen (secondary N) is 3. The molecule has 0 fully saturated rings. The first-order chi connectivity index (χ1) is 12.5. The Balaban J connectivity index is 1.72. The number of nitrogen functional groups attached to an aromatic ring is 1. The maximum atomic E-state index is 12.2. The highest BCUT2D eigenvalue weighted by atomic mass is 35.5. The van der Waals surface area contributed by atoms with Crippen molar-refractivity contribution in [2.45, 2.75) is 6.92 Å². The van der Waals surface area contributed by atoms with E-state index in [1.807, 2.05) is 19.1 Å². The van der Waals surface area contributed by atoms with Crippen molar-refractivity contribution in [3.8, 4) is 0 Å². The van der Waals surface area contributed by atoms with Crippen LogP contribution in [0.25, 0.3) is 0 Å². The van der Waals surface area contributed by atoms with Crippen molar-refractivity contribution in [2.24, 2.45) is 0 Å². The fourth-order valence-corrected chi connectivity index (χ4v) is 2.26. The molecule has 2 heterocycles. The van der Waals surface area contributed by atoms with E-state index in [2.05, 4.69) is 31.1 Å². The Labute approximate surface area is 154 Å². The molecule has 1 aromatic carbocycles. The van der Waals surface area contributed by atoms with E-state index in [0.29, 0.717) is 17.1 Å². The van der Waals surface area contributed by atoms with Crippen LogP contribution in [0.4, 0.5) is 23.0 Å². The number of anilines is 4. The predicted molar refractivity (Wildman–Crippen MR) is 101 cm³/mol. The van der Waals surface area contributed by atoms with Crippen LogP contribution in [0, 0.1) is 6.92 Å². The molecule has 26 heavy (non-hydrogen) atoms. The van der Waals surface area contributed by atoms with E-state index in [-0.39, 0.29) is 22.6 Å². The molecule has 0 aliphatic rings. The van der Waals surface area contributed by atoms with E-state index >= 15 is 0 Å². The summed E-state index contributed by atoms with van der Waals surface area (Å²) in [7, 11) is 0. The second-order valence-corrected chi connectivity index (χ2v) is 5.75. The number of aryl methyl sites for hydroxylation is 1. The van der Waals surface area contributed by atoms with Crippen LogP contribution in [0.15, 0.2) is 48.9 Å². The summed E-state index contributed by atoms with van der Waals surface area (Å²) in [6.07, 6.45) is 2.88. The van der Waals surface area contributed by atoms with Crippen molar-refractivity contribution in [2.75, 3.05) is 16.5 Å².